The van der Waals surface area contributed by atoms with Crippen LogP contribution in [-0.4, -0.2) is 22.6 Å². The van der Waals surface area contributed by atoms with Crippen molar-refractivity contribution < 1.29 is 18.8 Å². The van der Waals surface area contributed by atoms with Crippen molar-refractivity contribution in [2.45, 2.75) is 0 Å². The minimum absolute atomic E-state index is 0.0843. The Labute approximate surface area is 123 Å². The van der Waals surface area contributed by atoms with E-state index >= 15 is 0 Å². The number of nitriles is 1. The van der Waals surface area contributed by atoms with Gasteiger partial charge in [-0.05, 0) is 12.1 Å². The highest BCUT2D eigenvalue weighted by Crippen LogP contribution is 2.31. The highest BCUT2D eigenvalue weighted by Gasteiger charge is 2.28. The molecule has 0 amide bonds. The Kier molecular flexibility index (Phi) is 3.77. The Hall–Kier alpha value is -3.41. The molecule has 2 aromatic rings. The molecule has 0 saturated heterocycles. The summed E-state index contributed by atoms with van der Waals surface area (Å²) in [5.41, 5.74) is 4.04. The number of benzene rings is 1. The van der Waals surface area contributed by atoms with Crippen LogP contribution in [0.4, 0.5) is 15.8 Å². The topological polar surface area (TPSA) is 124 Å². The van der Waals surface area contributed by atoms with Crippen LogP contribution in [0.15, 0.2) is 24.4 Å². The number of esters is 1. The van der Waals surface area contributed by atoms with E-state index in [1.54, 1.807) is 6.07 Å². The van der Waals surface area contributed by atoms with Gasteiger partial charge in [0.05, 0.1) is 23.3 Å². The van der Waals surface area contributed by atoms with Gasteiger partial charge in [-0.3, -0.25) is 10.1 Å². The molecule has 9 heteroatoms. The predicted molar refractivity (Wildman–Crippen MR) is 72.8 cm³/mol. The van der Waals surface area contributed by atoms with Crippen LogP contribution < -0.4 is 5.73 Å². The largest absolute Gasteiger partial charge is 0.464 e. The molecule has 0 bridgehead atoms. The number of hydrogen-bond acceptors (Lipinski definition) is 6. The maximum atomic E-state index is 13.7. The van der Waals surface area contributed by atoms with E-state index in [-0.39, 0.29) is 22.6 Å². The van der Waals surface area contributed by atoms with E-state index in [1.165, 1.54) is 12.1 Å². The molecule has 22 heavy (non-hydrogen) atoms. The predicted octanol–water partition coefficient (Wildman–Crippen LogP) is 1.77. The zero-order chi connectivity index (χ0) is 16.4. The van der Waals surface area contributed by atoms with Crippen LogP contribution in [-0.2, 0) is 4.74 Å². The lowest BCUT2D eigenvalue weighted by Crippen LogP contribution is -2.12. The number of methoxy groups -OCH3 is 1. The summed E-state index contributed by atoms with van der Waals surface area (Å²) in [4.78, 5) is 22.0. The summed E-state index contributed by atoms with van der Waals surface area (Å²) in [5, 5.41) is 20.1. The van der Waals surface area contributed by atoms with Crippen molar-refractivity contribution in [1.82, 2.24) is 4.57 Å². The molecular weight excluding hydrogens is 295 g/mol. The van der Waals surface area contributed by atoms with Crippen LogP contribution in [0, 0.1) is 27.3 Å². The number of carbonyl (C=O) groups is 1. The normalized spacial score (nSPS) is 10.0. The molecule has 1 aromatic carbocycles. The highest BCUT2D eigenvalue weighted by atomic mass is 19.1. The first-order valence-corrected chi connectivity index (χ1v) is 5.84. The van der Waals surface area contributed by atoms with Crippen LogP contribution in [0.2, 0.25) is 0 Å². The van der Waals surface area contributed by atoms with Gasteiger partial charge in [0.25, 0.3) is 0 Å². The lowest BCUT2D eigenvalue weighted by Gasteiger charge is -2.09. The van der Waals surface area contributed by atoms with Crippen LogP contribution in [0.25, 0.3) is 5.69 Å². The van der Waals surface area contributed by atoms with Gasteiger partial charge in [0, 0.05) is 6.20 Å². The number of nitrogens with two attached hydrogens (primary N) is 1. The average molecular weight is 304 g/mol. The number of nitro groups is 1. The van der Waals surface area contributed by atoms with E-state index in [1.807, 2.05) is 0 Å². The van der Waals surface area contributed by atoms with Gasteiger partial charge in [-0.2, -0.15) is 9.65 Å². The maximum Gasteiger partial charge on any atom is 0.357 e. The number of carbonyl (C=O) groups excluding carboxylic acids is 1. The number of hydrogen-bond donors (Lipinski definition) is 1. The Morgan fingerprint density at radius 2 is 2.23 bits per heavy atom. The zero-order valence-corrected chi connectivity index (χ0v) is 11.2. The minimum Gasteiger partial charge on any atom is -0.464 e. The van der Waals surface area contributed by atoms with Gasteiger partial charge in [-0.15, -0.1) is 0 Å². The summed E-state index contributed by atoms with van der Waals surface area (Å²) in [7, 11) is 1.09. The molecule has 0 aliphatic heterocycles. The van der Waals surface area contributed by atoms with Gasteiger partial charge in [-0.25, -0.2) is 4.79 Å². The number of rotatable bonds is 3. The molecule has 0 aliphatic carbocycles. The number of nitrogen functional groups attached to an aromatic ring is 1. The molecule has 2 N–H and O–H groups in total. The lowest BCUT2D eigenvalue weighted by molar-refractivity contribution is -0.387. The van der Waals surface area contributed by atoms with Crippen molar-refractivity contribution in [1.29, 1.82) is 5.26 Å². The third-order valence-electron chi connectivity index (χ3n) is 2.95. The molecular formula is C13H9FN4O4. The van der Waals surface area contributed by atoms with E-state index < -0.39 is 22.4 Å². The fraction of sp³-hybridized carbons (Fsp3) is 0.0769. The van der Waals surface area contributed by atoms with Crippen molar-refractivity contribution in [2.75, 3.05) is 12.8 Å². The molecule has 0 aliphatic rings. The standard InChI is InChI=1S/C13H9FN4O4/c1-22-13(19)12-10(16)7(5-15)6-17(12)9-4-2-3-8(14)11(9)18(20)21/h2-4,6H,16H2,1H3. The summed E-state index contributed by atoms with van der Waals surface area (Å²) in [6.07, 6.45) is 1.11. The van der Waals surface area contributed by atoms with E-state index in [2.05, 4.69) is 4.74 Å². The molecule has 0 unspecified atom stereocenters. The average Bonchev–Trinajstić information content (AvgIpc) is 2.82. The summed E-state index contributed by atoms with van der Waals surface area (Å²) >= 11 is 0. The van der Waals surface area contributed by atoms with Crippen LogP contribution >= 0.6 is 0 Å². The third kappa shape index (κ3) is 2.22. The van der Waals surface area contributed by atoms with Crippen LogP contribution in [0.1, 0.15) is 16.1 Å². The zero-order valence-electron chi connectivity index (χ0n) is 11.2. The van der Waals surface area contributed by atoms with Crippen molar-refractivity contribution >= 4 is 17.3 Å². The number of ether oxygens (including phenoxy) is 1. The highest BCUT2D eigenvalue weighted by molar-refractivity contribution is 5.96. The smallest absolute Gasteiger partial charge is 0.357 e. The summed E-state index contributed by atoms with van der Waals surface area (Å²) in [6.45, 7) is 0. The molecule has 1 aromatic heterocycles. The number of nitrogens with zero attached hydrogens (tertiary/aromatic N) is 3. The summed E-state index contributed by atoms with van der Waals surface area (Å²) in [6, 6.07) is 5.13. The van der Waals surface area contributed by atoms with E-state index in [0.717, 1.165) is 23.9 Å². The molecule has 0 radical (unpaired) electrons. The molecule has 0 atom stereocenters. The number of halogens is 1. The molecule has 1 heterocycles. The van der Waals surface area contributed by atoms with Gasteiger partial charge < -0.3 is 15.0 Å². The molecule has 112 valence electrons. The fourth-order valence-corrected chi connectivity index (χ4v) is 1.98. The maximum absolute atomic E-state index is 13.7. The molecule has 0 saturated carbocycles. The molecule has 8 nitrogen and oxygen atoms in total. The first-order valence-electron chi connectivity index (χ1n) is 5.84. The molecule has 0 spiro atoms. The Morgan fingerprint density at radius 1 is 1.55 bits per heavy atom. The molecule has 0 fully saturated rings. The lowest BCUT2D eigenvalue weighted by atomic mass is 10.2. The van der Waals surface area contributed by atoms with Gasteiger partial charge in [-0.1, -0.05) is 6.07 Å². The second kappa shape index (κ2) is 5.53. The summed E-state index contributed by atoms with van der Waals surface area (Å²) < 4.78 is 19.3. The second-order valence-corrected chi connectivity index (χ2v) is 4.14. The van der Waals surface area contributed by atoms with Gasteiger partial charge >= 0.3 is 11.7 Å². The van der Waals surface area contributed by atoms with Crippen molar-refractivity contribution in [3.63, 3.8) is 0 Å². The van der Waals surface area contributed by atoms with Gasteiger partial charge in [0.2, 0.25) is 5.82 Å². The van der Waals surface area contributed by atoms with Crippen LogP contribution in [0.3, 0.4) is 0 Å². The van der Waals surface area contributed by atoms with Gasteiger partial charge in [0.15, 0.2) is 5.69 Å². The van der Waals surface area contributed by atoms with E-state index in [4.69, 9.17) is 11.0 Å². The Bertz CT molecular complexity index is 822. The van der Waals surface area contributed by atoms with E-state index in [9.17, 15) is 19.3 Å². The first kappa shape index (κ1) is 15.0. The van der Waals surface area contributed by atoms with Gasteiger partial charge in [0.1, 0.15) is 11.8 Å². The number of nitro benzene ring substituents is 1. The Morgan fingerprint density at radius 3 is 2.77 bits per heavy atom. The van der Waals surface area contributed by atoms with Crippen molar-refractivity contribution in [3.8, 4) is 11.8 Å². The first-order chi connectivity index (χ1) is 10.4. The van der Waals surface area contributed by atoms with E-state index in [0.29, 0.717) is 0 Å². The third-order valence-corrected chi connectivity index (χ3v) is 2.95. The fourth-order valence-electron chi connectivity index (χ4n) is 1.98. The monoisotopic (exact) mass is 304 g/mol. The minimum atomic E-state index is -1.08. The summed E-state index contributed by atoms with van der Waals surface area (Å²) in [5.74, 6) is -1.98. The SMILES string of the molecule is COC(=O)c1c(N)c(C#N)cn1-c1cccc(F)c1[N+](=O)[O-]. The second-order valence-electron chi connectivity index (χ2n) is 4.14. The quantitative estimate of drug-likeness (QED) is 0.523. The van der Waals surface area contributed by atoms with Crippen LogP contribution in [0.5, 0.6) is 0 Å². The Balaban J connectivity index is 2.85. The molecule has 2 rings (SSSR count). The number of para-hydroxylation sites is 1. The van der Waals surface area contributed by atoms with Crippen molar-refractivity contribution in [3.05, 3.63) is 51.6 Å². The van der Waals surface area contributed by atoms with Crippen molar-refractivity contribution in [2.24, 2.45) is 0 Å². The number of aromatic nitrogens is 1. The number of anilines is 1.